The monoisotopic (exact) mass is 346 g/mol. The number of benzene rings is 2. The van der Waals surface area contributed by atoms with Gasteiger partial charge in [-0.25, -0.2) is 4.98 Å². The molecule has 3 aromatic rings. The molecule has 2 nitrogen and oxygen atoms in total. The average Bonchev–Trinajstić information content (AvgIpc) is 2.76. The average molecular weight is 347 g/mol. The van der Waals surface area contributed by atoms with Gasteiger partial charge in [0.05, 0.1) is 5.69 Å². The third-order valence-electron chi connectivity index (χ3n) is 3.57. The van der Waals surface area contributed by atoms with E-state index in [2.05, 4.69) is 64.2 Å². The molecule has 1 heterocycles. The predicted octanol–water partition coefficient (Wildman–Crippen LogP) is 5.10. The van der Waals surface area contributed by atoms with Crippen LogP contribution in [-0.4, -0.2) is 4.98 Å². The summed E-state index contributed by atoms with van der Waals surface area (Å²) in [5.74, 6) is 0.317. The normalized spacial score (nSPS) is 12.8. The summed E-state index contributed by atoms with van der Waals surface area (Å²) < 4.78 is 1.11. The van der Waals surface area contributed by atoms with Crippen LogP contribution in [0.5, 0.6) is 0 Å². The first-order valence-electron chi connectivity index (χ1n) is 6.46. The molecule has 0 aliphatic rings. The van der Waals surface area contributed by atoms with Gasteiger partial charge in [0.2, 0.25) is 0 Å². The van der Waals surface area contributed by atoms with Gasteiger partial charge in [0.15, 0.2) is 5.13 Å². The summed E-state index contributed by atoms with van der Waals surface area (Å²) in [4.78, 5) is 5.57. The molecule has 1 atom stereocenters. The zero-order chi connectivity index (χ0) is 14.3. The maximum Gasteiger partial charge on any atom is 0.180 e. The Morgan fingerprint density at radius 1 is 1.15 bits per heavy atom. The number of rotatable bonds is 2. The van der Waals surface area contributed by atoms with Gasteiger partial charge in [-0.3, -0.25) is 0 Å². The van der Waals surface area contributed by atoms with Gasteiger partial charge in [0, 0.05) is 15.3 Å². The molecule has 2 aromatic carbocycles. The molecule has 0 saturated carbocycles. The summed E-state index contributed by atoms with van der Waals surface area (Å²) in [5, 5.41) is 3.15. The number of thiazole rings is 1. The van der Waals surface area contributed by atoms with Crippen LogP contribution in [0.4, 0.5) is 5.13 Å². The Hall–Kier alpha value is -1.39. The Morgan fingerprint density at radius 2 is 1.85 bits per heavy atom. The van der Waals surface area contributed by atoms with E-state index in [-0.39, 0.29) is 0 Å². The number of fused-ring (bicyclic) bond motifs is 1. The van der Waals surface area contributed by atoms with E-state index in [0.29, 0.717) is 11.0 Å². The molecule has 0 aliphatic carbocycles. The van der Waals surface area contributed by atoms with Crippen molar-refractivity contribution in [1.29, 1.82) is 0 Å². The van der Waals surface area contributed by atoms with Gasteiger partial charge in [0.1, 0.15) is 0 Å². The maximum atomic E-state index is 5.80. The second kappa shape index (κ2) is 5.19. The fraction of sp³-hybridized carbons (Fsp3) is 0.188. The maximum absolute atomic E-state index is 5.80. The van der Waals surface area contributed by atoms with Crippen molar-refractivity contribution in [2.45, 2.75) is 19.8 Å². The Balaban J connectivity index is 2.05. The van der Waals surface area contributed by atoms with Crippen LogP contribution in [0.15, 0.2) is 40.9 Å². The molecule has 102 valence electrons. The van der Waals surface area contributed by atoms with E-state index in [1.54, 1.807) is 11.3 Å². The fourth-order valence-corrected chi connectivity index (χ4v) is 3.78. The van der Waals surface area contributed by atoms with E-state index in [9.17, 15) is 0 Å². The SMILES string of the molecule is Cc1nc(N)sc1C(C)c1ccc2cc(Br)ccc2c1. The summed E-state index contributed by atoms with van der Waals surface area (Å²) in [6.45, 7) is 4.23. The fourth-order valence-electron chi connectivity index (χ4n) is 2.49. The summed E-state index contributed by atoms with van der Waals surface area (Å²) in [5.41, 5.74) is 8.14. The van der Waals surface area contributed by atoms with Gasteiger partial charge in [-0.1, -0.05) is 47.1 Å². The van der Waals surface area contributed by atoms with Crippen LogP contribution in [0, 0.1) is 6.92 Å². The van der Waals surface area contributed by atoms with Gasteiger partial charge in [-0.05, 0) is 35.4 Å². The number of nitrogens with zero attached hydrogens (tertiary/aromatic N) is 1. The largest absolute Gasteiger partial charge is 0.375 e. The Morgan fingerprint density at radius 3 is 2.55 bits per heavy atom. The van der Waals surface area contributed by atoms with Crippen molar-refractivity contribution in [3.63, 3.8) is 0 Å². The summed E-state index contributed by atoms with van der Waals surface area (Å²) in [7, 11) is 0. The van der Waals surface area contributed by atoms with Crippen molar-refractivity contribution in [3.8, 4) is 0 Å². The molecule has 0 bridgehead atoms. The molecule has 1 aromatic heterocycles. The molecule has 3 rings (SSSR count). The van der Waals surface area contributed by atoms with Crippen LogP contribution < -0.4 is 5.73 Å². The molecular formula is C16H15BrN2S. The van der Waals surface area contributed by atoms with Crippen molar-refractivity contribution in [2.75, 3.05) is 5.73 Å². The van der Waals surface area contributed by atoms with Gasteiger partial charge in [-0.15, -0.1) is 11.3 Å². The highest BCUT2D eigenvalue weighted by Gasteiger charge is 2.15. The highest BCUT2D eigenvalue weighted by atomic mass is 79.9. The van der Waals surface area contributed by atoms with E-state index >= 15 is 0 Å². The standard InChI is InChI=1S/C16H15BrN2S/c1-9(15-10(2)19-16(18)20-15)11-3-4-13-8-14(17)6-5-12(13)7-11/h3-9H,1-2H3,(H2,18,19). The third kappa shape index (κ3) is 2.45. The number of nitrogens with two attached hydrogens (primary N) is 1. The molecule has 1 unspecified atom stereocenters. The number of anilines is 1. The molecule has 0 amide bonds. The molecule has 2 N–H and O–H groups in total. The summed E-state index contributed by atoms with van der Waals surface area (Å²) in [6, 6.07) is 13.0. The van der Waals surface area contributed by atoms with Gasteiger partial charge in [-0.2, -0.15) is 0 Å². The second-order valence-corrected chi connectivity index (χ2v) is 6.95. The smallest absolute Gasteiger partial charge is 0.180 e. The van der Waals surface area contributed by atoms with Crippen LogP contribution >= 0.6 is 27.3 Å². The van der Waals surface area contributed by atoms with Crippen LogP contribution in [0.25, 0.3) is 10.8 Å². The minimum atomic E-state index is 0.317. The lowest BCUT2D eigenvalue weighted by molar-refractivity contribution is 0.929. The van der Waals surface area contributed by atoms with Crippen molar-refractivity contribution >= 4 is 43.2 Å². The topological polar surface area (TPSA) is 38.9 Å². The van der Waals surface area contributed by atoms with Crippen LogP contribution in [0.3, 0.4) is 0 Å². The van der Waals surface area contributed by atoms with Gasteiger partial charge < -0.3 is 5.73 Å². The van der Waals surface area contributed by atoms with Crippen LogP contribution in [-0.2, 0) is 0 Å². The van der Waals surface area contributed by atoms with Crippen molar-refractivity contribution in [2.24, 2.45) is 0 Å². The van der Waals surface area contributed by atoms with Crippen molar-refractivity contribution in [3.05, 3.63) is 57.0 Å². The highest BCUT2D eigenvalue weighted by molar-refractivity contribution is 9.10. The number of halogens is 1. The lowest BCUT2D eigenvalue weighted by Crippen LogP contribution is -1.95. The number of hydrogen-bond acceptors (Lipinski definition) is 3. The molecule has 20 heavy (non-hydrogen) atoms. The zero-order valence-electron chi connectivity index (χ0n) is 11.4. The lowest BCUT2D eigenvalue weighted by Gasteiger charge is -2.12. The van der Waals surface area contributed by atoms with Gasteiger partial charge >= 0.3 is 0 Å². The first kappa shape index (κ1) is 13.6. The van der Waals surface area contributed by atoms with E-state index < -0.39 is 0 Å². The predicted molar refractivity (Wildman–Crippen MR) is 90.4 cm³/mol. The number of aromatic nitrogens is 1. The summed E-state index contributed by atoms with van der Waals surface area (Å²) in [6.07, 6.45) is 0. The lowest BCUT2D eigenvalue weighted by atomic mass is 9.96. The summed E-state index contributed by atoms with van der Waals surface area (Å²) >= 11 is 5.09. The van der Waals surface area contributed by atoms with Gasteiger partial charge in [0.25, 0.3) is 0 Å². The number of nitrogen functional groups attached to an aromatic ring is 1. The Bertz CT molecular complexity index is 779. The van der Waals surface area contributed by atoms with E-state index in [1.165, 1.54) is 21.2 Å². The Labute approximate surface area is 130 Å². The first-order valence-corrected chi connectivity index (χ1v) is 8.07. The van der Waals surface area contributed by atoms with Crippen LogP contribution in [0.1, 0.15) is 29.0 Å². The molecule has 0 fully saturated rings. The highest BCUT2D eigenvalue weighted by Crippen LogP contribution is 2.34. The second-order valence-electron chi connectivity index (χ2n) is 4.97. The number of aryl methyl sites for hydroxylation is 1. The number of hydrogen-bond donors (Lipinski definition) is 1. The zero-order valence-corrected chi connectivity index (χ0v) is 13.8. The molecule has 0 radical (unpaired) electrons. The minimum Gasteiger partial charge on any atom is -0.375 e. The molecular weight excluding hydrogens is 332 g/mol. The molecule has 4 heteroatoms. The Kier molecular flexibility index (Phi) is 3.52. The van der Waals surface area contributed by atoms with Crippen LogP contribution in [0.2, 0.25) is 0 Å². The van der Waals surface area contributed by atoms with Crippen molar-refractivity contribution in [1.82, 2.24) is 4.98 Å². The third-order valence-corrected chi connectivity index (χ3v) is 5.23. The molecule has 0 aliphatic heterocycles. The van der Waals surface area contributed by atoms with E-state index in [4.69, 9.17) is 5.73 Å². The minimum absolute atomic E-state index is 0.317. The van der Waals surface area contributed by atoms with E-state index in [1.807, 2.05) is 6.92 Å². The molecule has 0 saturated heterocycles. The quantitative estimate of drug-likeness (QED) is 0.700. The molecule has 0 spiro atoms. The van der Waals surface area contributed by atoms with E-state index in [0.717, 1.165) is 10.2 Å². The van der Waals surface area contributed by atoms with Crippen molar-refractivity contribution < 1.29 is 0 Å². The first-order chi connectivity index (χ1) is 9.54.